The van der Waals surface area contributed by atoms with Crippen LogP contribution in [0.2, 0.25) is 0 Å². The van der Waals surface area contributed by atoms with Crippen molar-refractivity contribution in [3.05, 3.63) is 59.8 Å². The van der Waals surface area contributed by atoms with Gasteiger partial charge in [-0.1, -0.05) is 6.07 Å². The largest absolute Gasteiger partial charge is 0.493 e. The monoisotopic (exact) mass is 264 g/mol. The number of H-pyrrole nitrogens is 1. The molecule has 0 spiro atoms. The smallest absolute Gasteiger partial charge is 0.122 e. The van der Waals surface area contributed by atoms with E-state index in [-0.39, 0.29) is 0 Å². The van der Waals surface area contributed by atoms with Gasteiger partial charge in [-0.3, -0.25) is 0 Å². The Morgan fingerprint density at radius 1 is 1.10 bits per heavy atom. The van der Waals surface area contributed by atoms with E-state index in [1.807, 2.05) is 6.20 Å². The van der Waals surface area contributed by atoms with Crippen molar-refractivity contribution in [1.29, 1.82) is 0 Å². The Kier molecular flexibility index (Phi) is 2.62. The summed E-state index contributed by atoms with van der Waals surface area (Å²) in [5, 5.41) is 4.74. The molecule has 0 radical (unpaired) electrons. The molecule has 0 amide bonds. The van der Waals surface area contributed by atoms with Gasteiger partial charge in [-0.05, 0) is 52.9 Å². The molecule has 1 aliphatic rings. The van der Waals surface area contributed by atoms with Crippen LogP contribution >= 0.6 is 0 Å². The first-order valence-corrected chi connectivity index (χ1v) is 6.94. The van der Waals surface area contributed by atoms with E-state index >= 15 is 0 Å². The Balaban J connectivity index is 1.52. The third-order valence-electron chi connectivity index (χ3n) is 3.80. The number of ether oxygens (including phenoxy) is 1. The molecule has 3 heteroatoms. The molecule has 1 aromatic heterocycles. The maximum Gasteiger partial charge on any atom is 0.122 e. The molecule has 0 saturated heterocycles. The Hall–Kier alpha value is -2.42. The summed E-state index contributed by atoms with van der Waals surface area (Å²) in [7, 11) is 0. The van der Waals surface area contributed by atoms with Crippen LogP contribution in [0.4, 0.5) is 5.69 Å². The van der Waals surface area contributed by atoms with Gasteiger partial charge in [0.25, 0.3) is 0 Å². The van der Waals surface area contributed by atoms with E-state index in [1.165, 1.54) is 22.0 Å². The molecule has 4 rings (SSSR count). The van der Waals surface area contributed by atoms with E-state index < -0.39 is 0 Å². The van der Waals surface area contributed by atoms with Crippen molar-refractivity contribution in [2.75, 3.05) is 11.9 Å². The second-order valence-corrected chi connectivity index (χ2v) is 5.17. The summed E-state index contributed by atoms with van der Waals surface area (Å²) in [6.07, 6.45) is 2.99. The van der Waals surface area contributed by atoms with E-state index in [4.69, 9.17) is 4.74 Å². The second-order valence-electron chi connectivity index (χ2n) is 5.17. The zero-order chi connectivity index (χ0) is 13.4. The summed E-state index contributed by atoms with van der Waals surface area (Å²) in [5.41, 5.74) is 4.93. The lowest BCUT2D eigenvalue weighted by atomic mass is 10.1. The molecule has 2 aromatic carbocycles. The third kappa shape index (κ3) is 2.01. The average molecular weight is 264 g/mol. The molecule has 2 N–H and O–H groups in total. The van der Waals surface area contributed by atoms with Gasteiger partial charge in [-0.2, -0.15) is 0 Å². The fraction of sp³-hybridized carbons (Fsp3) is 0.176. The number of hydrogen-bond donors (Lipinski definition) is 2. The quantitative estimate of drug-likeness (QED) is 0.756. The first kappa shape index (κ1) is 11.4. The van der Waals surface area contributed by atoms with Gasteiger partial charge in [0.2, 0.25) is 0 Å². The highest BCUT2D eigenvalue weighted by Gasteiger charge is 2.11. The van der Waals surface area contributed by atoms with E-state index in [1.54, 1.807) is 0 Å². The lowest BCUT2D eigenvalue weighted by Gasteiger charge is -2.08. The molecule has 0 fully saturated rings. The van der Waals surface area contributed by atoms with Gasteiger partial charge in [-0.15, -0.1) is 0 Å². The van der Waals surface area contributed by atoms with Crippen molar-refractivity contribution in [1.82, 2.24) is 4.98 Å². The van der Waals surface area contributed by atoms with Crippen LogP contribution in [0.1, 0.15) is 11.1 Å². The zero-order valence-corrected chi connectivity index (χ0v) is 11.1. The van der Waals surface area contributed by atoms with Crippen molar-refractivity contribution < 1.29 is 4.74 Å². The van der Waals surface area contributed by atoms with Crippen molar-refractivity contribution >= 4 is 16.6 Å². The Labute approximate surface area is 117 Å². The van der Waals surface area contributed by atoms with E-state index in [9.17, 15) is 0 Å². The molecule has 2 heterocycles. The summed E-state index contributed by atoms with van der Waals surface area (Å²) in [5.74, 6) is 1.03. The molecule has 3 nitrogen and oxygen atoms in total. The van der Waals surface area contributed by atoms with Gasteiger partial charge < -0.3 is 15.0 Å². The van der Waals surface area contributed by atoms with E-state index in [0.717, 1.165) is 31.0 Å². The lowest BCUT2D eigenvalue weighted by Crippen LogP contribution is -1.99. The second kappa shape index (κ2) is 4.60. The summed E-state index contributed by atoms with van der Waals surface area (Å²) >= 11 is 0. The standard InChI is InChI=1S/C17H16N2O/c1-3-16-13(5-7-18-16)9-12(1)11-19-15-2-4-17-14(10-15)6-8-20-17/h1-5,7,9-10,18-19H,6,8,11H2. The maximum atomic E-state index is 5.52. The fourth-order valence-electron chi connectivity index (χ4n) is 2.71. The fourth-order valence-corrected chi connectivity index (χ4v) is 2.71. The molecular formula is C17H16N2O. The van der Waals surface area contributed by atoms with E-state index in [0.29, 0.717) is 0 Å². The minimum atomic E-state index is 0.808. The maximum absolute atomic E-state index is 5.52. The predicted molar refractivity (Wildman–Crippen MR) is 81.3 cm³/mol. The number of aromatic amines is 1. The topological polar surface area (TPSA) is 37.0 Å². The molecule has 0 atom stereocenters. The van der Waals surface area contributed by atoms with Gasteiger partial charge in [0.05, 0.1) is 6.61 Å². The van der Waals surface area contributed by atoms with Crippen LogP contribution in [0.3, 0.4) is 0 Å². The van der Waals surface area contributed by atoms with Crippen LogP contribution < -0.4 is 10.1 Å². The highest BCUT2D eigenvalue weighted by molar-refractivity contribution is 5.80. The van der Waals surface area contributed by atoms with Gasteiger partial charge in [0.15, 0.2) is 0 Å². The molecular weight excluding hydrogens is 248 g/mol. The van der Waals surface area contributed by atoms with Crippen molar-refractivity contribution in [3.63, 3.8) is 0 Å². The molecule has 0 saturated carbocycles. The van der Waals surface area contributed by atoms with Crippen molar-refractivity contribution in [3.8, 4) is 5.75 Å². The van der Waals surface area contributed by atoms with Gasteiger partial charge in [-0.25, -0.2) is 0 Å². The minimum Gasteiger partial charge on any atom is -0.493 e. The molecule has 3 aromatic rings. The lowest BCUT2D eigenvalue weighted by molar-refractivity contribution is 0.357. The first-order chi connectivity index (χ1) is 9.88. The number of nitrogens with one attached hydrogen (secondary N) is 2. The predicted octanol–water partition coefficient (Wildman–Crippen LogP) is 3.71. The summed E-state index contributed by atoms with van der Waals surface area (Å²) < 4.78 is 5.52. The molecule has 1 aliphatic heterocycles. The van der Waals surface area contributed by atoms with Crippen molar-refractivity contribution in [2.45, 2.75) is 13.0 Å². The van der Waals surface area contributed by atoms with Crippen molar-refractivity contribution in [2.24, 2.45) is 0 Å². The Bertz CT molecular complexity index is 761. The Morgan fingerprint density at radius 3 is 3.10 bits per heavy atom. The number of rotatable bonds is 3. The number of fused-ring (bicyclic) bond motifs is 2. The zero-order valence-electron chi connectivity index (χ0n) is 11.1. The highest BCUT2D eigenvalue weighted by Crippen LogP contribution is 2.28. The minimum absolute atomic E-state index is 0.808. The number of hydrogen-bond acceptors (Lipinski definition) is 2. The van der Waals surface area contributed by atoms with Crippen LogP contribution in [-0.4, -0.2) is 11.6 Å². The number of anilines is 1. The van der Waals surface area contributed by atoms with Crippen LogP contribution in [0.15, 0.2) is 48.7 Å². The molecule has 100 valence electrons. The van der Waals surface area contributed by atoms with Gasteiger partial charge >= 0.3 is 0 Å². The van der Waals surface area contributed by atoms with Crippen LogP contribution in [0.25, 0.3) is 10.9 Å². The molecule has 0 unspecified atom stereocenters. The average Bonchev–Trinajstić information content (AvgIpc) is 3.12. The van der Waals surface area contributed by atoms with Crippen LogP contribution in [0, 0.1) is 0 Å². The highest BCUT2D eigenvalue weighted by atomic mass is 16.5. The molecule has 20 heavy (non-hydrogen) atoms. The summed E-state index contributed by atoms with van der Waals surface area (Å²) in [6.45, 7) is 1.64. The molecule has 0 aliphatic carbocycles. The summed E-state index contributed by atoms with van der Waals surface area (Å²) in [6, 6.07) is 14.9. The SMILES string of the molecule is c1cc2cc(CNc3ccc4c(c3)CCO4)ccc2[nH]1. The van der Waals surface area contributed by atoms with Gasteiger partial charge in [0, 0.05) is 30.4 Å². The number of benzene rings is 2. The first-order valence-electron chi connectivity index (χ1n) is 6.94. The van der Waals surface area contributed by atoms with Crippen LogP contribution in [0.5, 0.6) is 5.75 Å². The third-order valence-corrected chi connectivity index (χ3v) is 3.80. The van der Waals surface area contributed by atoms with Crippen LogP contribution in [-0.2, 0) is 13.0 Å². The van der Waals surface area contributed by atoms with E-state index in [2.05, 4.69) is 52.8 Å². The normalized spacial score (nSPS) is 13.2. The number of aromatic nitrogens is 1. The van der Waals surface area contributed by atoms with Gasteiger partial charge in [0.1, 0.15) is 5.75 Å². The summed E-state index contributed by atoms with van der Waals surface area (Å²) in [4.78, 5) is 3.21. The Morgan fingerprint density at radius 2 is 2.10 bits per heavy atom. The molecule has 0 bridgehead atoms.